The predicted octanol–water partition coefficient (Wildman–Crippen LogP) is 6.35. The van der Waals surface area contributed by atoms with Crippen LogP contribution in [0.4, 0.5) is 9.59 Å². The van der Waals surface area contributed by atoms with Crippen LogP contribution < -0.4 is 18.9 Å². The Labute approximate surface area is 298 Å². The fourth-order valence-corrected chi connectivity index (χ4v) is 5.79. The maximum atomic E-state index is 13.1. The van der Waals surface area contributed by atoms with Gasteiger partial charge < -0.3 is 47.4 Å². The Kier molecular flexibility index (Phi) is 11.6. The van der Waals surface area contributed by atoms with Gasteiger partial charge in [0.15, 0.2) is 27.2 Å². The van der Waals surface area contributed by atoms with Crippen LogP contribution in [0.3, 0.4) is 0 Å². The summed E-state index contributed by atoms with van der Waals surface area (Å²) in [6, 6.07) is 21.7. The number of carbonyl (C=O) groups is 2. The Bertz CT molecular complexity index is 1920. The van der Waals surface area contributed by atoms with Crippen LogP contribution in [-0.2, 0) is 28.4 Å². The van der Waals surface area contributed by atoms with Crippen molar-refractivity contribution in [2.24, 2.45) is 0 Å². The summed E-state index contributed by atoms with van der Waals surface area (Å²) in [6.07, 6.45) is -1.22. The Morgan fingerprint density at radius 3 is 1.08 bits per heavy atom. The van der Waals surface area contributed by atoms with Crippen molar-refractivity contribution >= 4 is 55.8 Å². The lowest BCUT2D eigenvalue weighted by Gasteiger charge is -2.17. The number of hydrogen-bond donors (Lipinski definition) is 0. The molecular weight excluding hydrogens is 678 g/mol. The van der Waals surface area contributed by atoms with E-state index >= 15 is 0 Å². The molecule has 274 valence electrons. The molecule has 0 aliphatic carbocycles. The third-order valence-corrected chi connectivity index (χ3v) is 8.21. The number of nitrogens with zero attached hydrogens (tertiary/aromatic N) is 3. The van der Waals surface area contributed by atoms with E-state index in [1.165, 1.54) is 9.13 Å². The van der Waals surface area contributed by atoms with Crippen LogP contribution in [-0.4, -0.2) is 102 Å². The van der Waals surface area contributed by atoms with E-state index in [9.17, 15) is 9.59 Å². The van der Waals surface area contributed by atoms with E-state index in [1.807, 2.05) is 24.3 Å². The van der Waals surface area contributed by atoms with E-state index in [0.717, 1.165) is 21.5 Å². The van der Waals surface area contributed by atoms with Crippen molar-refractivity contribution < 1.29 is 57.0 Å². The molecule has 6 rings (SSSR count). The summed E-state index contributed by atoms with van der Waals surface area (Å²) in [5.41, 5.74) is 2.61. The second kappa shape index (κ2) is 16.6. The summed E-state index contributed by atoms with van der Waals surface area (Å²) in [7, 11) is 8.10. The quantitative estimate of drug-likeness (QED) is 0.0812. The molecule has 0 unspecified atom stereocenters. The number of ether oxygens (including phenoxy) is 10. The van der Waals surface area contributed by atoms with Crippen molar-refractivity contribution in [1.29, 1.82) is 0 Å². The van der Waals surface area contributed by atoms with E-state index in [2.05, 4.69) is 0 Å². The maximum absolute atomic E-state index is 13.1. The molecule has 0 fully saturated rings. The molecule has 4 aromatic carbocycles. The highest BCUT2D eigenvalue weighted by molar-refractivity contribution is 6.14. The monoisotopic (exact) mass is 717 g/mol. The fourth-order valence-electron chi connectivity index (χ4n) is 5.79. The predicted molar refractivity (Wildman–Crippen MR) is 190 cm³/mol. The molecule has 0 radical (unpaired) electrons. The van der Waals surface area contributed by atoms with Gasteiger partial charge in [-0.25, -0.2) is 18.7 Å². The first kappa shape index (κ1) is 36.2. The number of carbonyl (C=O) groups excluding carboxylic acids is 2. The fraction of sp³-hybridized carbons (Fsp3) is 0.297. The molecule has 0 aliphatic heterocycles. The van der Waals surface area contributed by atoms with Crippen molar-refractivity contribution in [3.63, 3.8) is 0 Å². The maximum Gasteiger partial charge on any atom is 0.421 e. The molecule has 2 aromatic heterocycles. The van der Waals surface area contributed by atoms with E-state index in [0.29, 0.717) is 45.1 Å². The molecule has 52 heavy (non-hydrogen) atoms. The van der Waals surface area contributed by atoms with Crippen molar-refractivity contribution in [2.45, 2.75) is 0 Å². The minimum Gasteiger partial charge on any atom is -0.497 e. The number of rotatable bonds is 16. The second-order valence-corrected chi connectivity index (χ2v) is 11.4. The minimum atomic E-state index is -0.608. The van der Waals surface area contributed by atoms with Crippen LogP contribution in [0.1, 0.15) is 0 Å². The normalized spacial score (nSPS) is 11.5. The van der Waals surface area contributed by atoms with Gasteiger partial charge in [0.2, 0.25) is 0 Å². The summed E-state index contributed by atoms with van der Waals surface area (Å²) in [5.74, 6) is 2.64. The molecule has 2 heterocycles. The Morgan fingerprint density at radius 1 is 0.481 bits per heavy atom. The standard InChI is InChI=1S/C37H39N3O12/c1-38(18-47-20-49-22-51-36(41)39-32-10-6-24(43-2)14-28(32)29-15-25(44-3)7-11-33(29)39)19-48-21-50-23-52-37(42)40-34-12-8-26(45-4)16-30(34)31-17-27(46-5)9-13-35(31)40/h6-17H,18-23H2,1-5H3. The van der Waals surface area contributed by atoms with Gasteiger partial charge in [0, 0.05) is 21.5 Å². The highest BCUT2D eigenvalue weighted by Crippen LogP contribution is 2.35. The summed E-state index contributed by atoms with van der Waals surface area (Å²) in [5, 5.41) is 3.26. The molecule has 0 atom stereocenters. The number of methoxy groups -OCH3 is 4. The van der Waals surface area contributed by atoms with Crippen LogP contribution in [0.15, 0.2) is 72.8 Å². The highest BCUT2D eigenvalue weighted by atomic mass is 16.8. The van der Waals surface area contributed by atoms with Crippen LogP contribution in [0.25, 0.3) is 43.6 Å². The van der Waals surface area contributed by atoms with Gasteiger partial charge in [0.1, 0.15) is 36.5 Å². The molecule has 0 spiro atoms. The summed E-state index contributed by atoms with van der Waals surface area (Å²) in [6.45, 7) is -0.598. The zero-order chi connectivity index (χ0) is 36.6. The SMILES string of the molecule is COc1ccc2c(c1)c1cc(OC)ccc1n2C(=O)OCOCOCN(C)COCOCOC(=O)n1c2ccc(OC)cc2c2cc(OC)ccc21. The van der Waals surface area contributed by atoms with E-state index in [-0.39, 0.29) is 40.6 Å². The zero-order valence-corrected chi connectivity index (χ0v) is 29.4. The Hall–Kier alpha value is -5.58. The largest absolute Gasteiger partial charge is 0.497 e. The molecule has 15 heteroatoms. The van der Waals surface area contributed by atoms with Crippen LogP contribution >= 0.6 is 0 Å². The smallest absolute Gasteiger partial charge is 0.421 e. The third-order valence-electron chi connectivity index (χ3n) is 8.21. The lowest BCUT2D eigenvalue weighted by atomic mass is 10.1. The first-order chi connectivity index (χ1) is 25.4. The number of fused-ring (bicyclic) bond motifs is 6. The first-order valence-corrected chi connectivity index (χ1v) is 16.0. The van der Waals surface area contributed by atoms with Gasteiger partial charge >= 0.3 is 12.2 Å². The van der Waals surface area contributed by atoms with Gasteiger partial charge in [-0.05, 0) is 79.8 Å². The lowest BCUT2D eigenvalue weighted by molar-refractivity contribution is -0.159. The van der Waals surface area contributed by atoms with E-state index in [4.69, 9.17) is 47.4 Å². The van der Waals surface area contributed by atoms with Crippen LogP contribution in [0.2, 0.25) is 0 Å². The first-order valence-electron chi connectivity index (χ1n) is 16.0. The highest BCUT2D eigenvalue weighted by Gasteiger charge is 2.20. The van der Waals surface area contributed by atoms with Crippen molar-refractivity contribution in [3.8, 4) is 23.0 Å². The van der Waals surface area contributed by atoms with Crippen molar-refractivity contribution in [3.05, 3.63) is 72.8 Å². The summed E-state index contributed by atoms with van der Waals surface area (Å²) < 4.78 is 56.9. The summed E-state index contributed by atoms with van der Waals surface area (Å²) >= 11 is 0. The van der Waals surface area contributed by atoms with Crippen molar-refractivity contribution in [1.82, 2.24) is 14.0 Å². The number of hydrogen-bond acceptors (Lipinski definition) is 13. The van der Waals surface area contributed by atoms with Gasteiger partial charge in [-0.1, -0.05) is 0 Å². The Balaban J connectivity index is 0.901. The average Bonchev–Trinajstić information content (AvgIpc) is 3.68. The van der Waals surface area contributed by atoms with Gasteiger partial charge in [-0.15, -0.1) is 0 Å². The Morgan fingerprint density at radius 2 is 0.788 bits per heavy atom. The second-order valence-electron chi connectivity index (χ2n) is 11.4. The zero-order valence-electron chi connectivity index (χ0n) is 29.4. The van der Waals surface area contributed by atoms with Gasteiger partial charge in [-0.3, -0.25) is 4.90 Å². The van der Waals surface area contributed by atoms with Crippen LogP contribution in [0.5, 0.6) is 23.0 Å². The van der Waals surface area contributed by atoms with Crippen LogP contribution in [0, 0.1) is 0 Å². The van der Waals surface area contributed by atoms with E-state index < -0.39 is 12.2 Å². The molecule has 0 aliphatic rings. The van der Waals surface area contributed by atoms with Gasteiger partial charge in [-0.2, -0.15) is 0 Å². The van der Waals surface area contributed by atoms with Gasteiger partial charge in [0.25, 0.3) is 0 Å². The molecule has 0 saturated heterocycles. The molecule has 0 N–H and O–H groups in total. The molecule has 0 amide bonds. The summed E-state index contributed by atoms with van der Waals surface area (Å²) in [4.78, 5) is 27.9. The minimum absolute atomic E-state index is 0.131. The number of benzene rings is 4. The molecule has 0 saturated carbocycles. The molecular formula is C37H39N3O12. The lowest BCUT2D eigenvalue weighted by Crippen LogP contribution is -2.26. The molecule has 0 bridgehead atoms. The third kappa shape index (κ3) is 7.68. The topological polar surface area (TPSA) is 140 Å². The van der Waals surface area contributed by atoms with Gasteiger partial charge in [0.05, 0.1) is 50.5 Å². The molecule has 15 nitrogen and oxygen atoms in total. The average molecular weight is 718 g/mol. The number of aromatic nitrogens is 2. The van der Waals surface area contributed by atoms with E-state index in [1.54, 1.807) is 88.9 Å². The molecule has 6 aromatic rings. The van der Waals surface area contributed by atoms with Crippen molar-refractivity contribution in [2.75, 3.05) is 76.1 Å².